The number of nitrogens with one attached hydrogen (secondary N) is 1. The second kappa shape index (κ2) is 6.96. The summed E-state index contributed by atoms with van der Waals surface area (Å²) in [5.41, 5.74) is 1.06. The van der Waals surface area contributed by atoms with Crippen LogP contribution in [-0.2, 0) is 4.79 Å². The first-order valence-electron chi connectivity index (χ1n) is 6.38. The highest BCUT2D eigenvalue weighted by atomic mass is 35.5. The molecule has 1 N–H and O–H groups in total. The normalized spacial score (nSPS) is 11.7. The highest BCUT2D eigenvalue weighted by Gasteiger charge is 2.09. The van der Waals surface area contributed by atoms with Crippen LogP contribution in [0.1, 0.15) is 18.5 Å². The molecular weight excluding hydrogens is 274 g/mol. The van der Waals surface area contributed by atoms with Gasteiger partial charge in [-0.15, -0.1) is 0 Å². The van der Waals surface area contributed by atoms with E-state index in [1.165, 1.54) is 0 Å². The monoisotopic (exact) mass is 289 g/mol. The highest BCUT2D eigenvalue weighted by molar-refractivity contribution is 6.30. The van der Waals surface area contributed by atoms with Crippen molar-refractivity contribution in [1.82, 2.24) is 5.32 Å². The topological polar surface area (TPSA) is 38.3 Å². The number of ether oxygens (including phenoxy) is 1. The van der Waals surface area contributed by atoms with E-state index >= 15 is 0 Å². The van der Waals surface area contributed by atoms with E-state index in [0.29, 0.717) is 10.8 Å². The minimum absolute atomic E-state index is 0.0302. The van der Waals surface area contributed by atoms with Gasteiger partial charge in [-0.1, -0.05) is 48.0 Å². The standard InChI is InChI=1S/C16H16ClNO2/c1-12(13-6-3-2-4-7-13)18-16(19)11-20-15-9-5-8-14(17)10-15/h2-10,12H,11H2,1H3,(H,18,19)/t12-/m0/s1. The first kappa shape index (κ1) is 14.4. The van der Waals surface area contributed by atoms with E-state index in [0.717, 1.165) is 5.56 Å². The molecule has 4 heteroatoms. The highest BCUT2D eigenvalue weighted by Crippen LogP contribution is 2.17. The van der Waals surface area contributed by atoms with Gasteiger partial charge in [-0.05, 0) is 30.7 Å². The zero-order valence-corrected chi connectivity index (χ0v) is 11.9. The third-order valence-electron chi connectivity index (χ3n) is 2.84. The predicted molar refractivity (Wildman–Crippen MR) is 79.9 cm³/mol. The molecule has 20 heavy (non-hydrogen) atoms. The third-order valence-corrected chi connectivity index (χ3v) is 3.08. The molecule has 2 rings (SSSR count). The van der Waals surface area contributed by atoms with Gasteiger partial charge in [-0.3, -0.25) is 4.79 Å². The number of amides is 1. The maximum atomic E-state index is 11.8. The van der Waals surface area contributed by atoms with Crippen LogP contribution >= 0.6 is 11.6 Å². The minimum atomic E-state index is -0.165. The fourth-order valence-electron chi connectivity index (χ4n) is 1.81. The number of benzene rings is 2. The average Bonchev–Trinajstić information content (AvgIpc) is 2.46. The second-order valence-electron chi connectivity index (χ2n) is 4.45. The zero-order chi connectivity index (χ0) is 14.4. The summed E-state index contributed by atoms with van der Waals surface area (Å²) < 4.78 is 5.39. The molecule has 104 valence electrons. The summed E-state index contributed by atoms with van der Waals surface area (Å²) in [6.07, 6.45) is 0. The Morgan fingerprint density at radius 2 is 1.95 bits per heavy atom. The van der Waals surface area contributed by atoms with Crippen molar-refractivity contribution in [2.75, 3.05) is 6.61 Å². The van der Waals surface area contributed by atoms with Gasteiger partial charge in [-0.2, -0.15) is 0 Å². The Morgan fingerprint density at radius 1 is 1.20 bits per heavy atom. The van der Waals surface area contributed by atoms with E-state index in [1.807, 2.05) is 37.3 Å². The third kappa shape index (κ3) is 4.28. The molecule has 0 unspecified atom stereocenters. The summed E-state index contributed by atoms with van der Waals surface area (Å²) in [6.45, 7) is 1.91. The minimum Gasteiger partial charge on any atom is -0.484 e. The van der Waals surface area contributed by atoms with E-state index in [-0.39, 0.29) is 18.6 Å². The Hall–Kier alpha value is -2.00. The summed E-state index contributed by atoms with van der Waals surface area (Å²) >= 11 is 5.84. The number of carbonyl (C=O) groups is 1. The van der Waals surface area contributed by atoms with Crippen LogP contribution in [0, 0.1) is 0 Å². The Bertz CT molecular complexity index is 572. The lowest BCUT2D eigenvalue weighted by molar-refractivity contribution is -0.123. The number of rotatable bonds is 5. The maximum absolute atomic E-state index is 11.8. The van der Waals surface area contributed by atoms with Crippen LogP contribution in [0.25, 0.3) is 0 Å². The number of halogens is 1. The van der Waals surface area contributed by atoms with Crippen LogP contribution in [0.4, 0.5) is 0 Å². The number of carbonyl (C=O) groups excluding carboxylic acids is 1. The molecule has 0 fully saturated rings. The second-order valence-corrected chi connectivity index (χ2v) is 4.88. The van der Waals surface area contributed by atoms with E-state index in [4.69, 9.17) is 16.3 Å². The molecule has 3 nitrogen and oxygen atoms in total. The van der Waals surface area contributed by atoms with Gasteiger partial charge < -0.3 is 10.1 Å². The Kier molecular flexibility index (Phi) is 5.02. The summed E-state index contributed by atoms with van der Waals surface area (Å²) in [7, 11) is 0. The molecule has 0 spiro atoms. The van der Waals surface area contributed by atoms with Crippen LogP contribution < -0.4 is 10.1 Å². The quantitative estimate of drug-likeness (QED) is 0.913. The van der Waals surface area contributed by atoms with E-state index < -0.39 is 0 Å². The number of hydrogen-bond acceptors (Lipinski definition) is 2. The lowest BCUT2D eigenvalue weighted by Crippen LogP contribution is -2.31. The van der Waals surface area contributed by atoms with Crippen LogP contribution in [0.2, 0.25) is 5.02 Å². The largest absolute Gasteiger partial charge is 0.484 e. The van der Waals surface area contributed by atoms with Crippen LogP contribution in [0.3, 0.4) is 0 Å². The summed E-state index contributed by atoms with van der Waals surface area (Å²) in [6, 6.07) is 16.7. The van der Waals surface area contributed by atoms with Crippen molar-refractivity contribution < 1.29 is 9.53 Å². The molecule has 0 radical (unpaired) electrons. The first-order valence-corrected chi connectivity index (χ1v) is 6.75. The van der Waals surface area contributed by atoms with E-state index in [2.05, 4.69) is 5.32 Å². The lowest BCUT2D eigenvalue weighted by atomic mass is 10.1. The Morgan fingerprint density at radius 3 is 2.65 bits per heavy atom. The Labute approximate surface area is 123 Å². The summed E-state index contributed by atoms with van der Waals surface area (Å²) in [5, 5.41) is 3.47. The molecule has 0 bridgehead atoms. The molecule has 0 saturated carbocycles. The summed E-state index contributed by atoms with van der Waals surface area (Å²) in [5.74, 6) is 0.418. The van der Waals surface area contributed by atoms with Crippen molar-refractivity contribution in [2.24, 2.45) is 0 Å². The van der Waals surface area contributed by atoms with Crippen LogP contribution in [0.5, 0.6) is 5.75 Å². The van der Waals surface area contributed by atoms with Gasteiger partial charge in [0.1, 0.15) is 5.75 Å². The molecule has 0 saturated heterocycles. The molecule has 1 atom stereocenters. The van der Waals surface area contributed by atoms with Crippen LogP contribution in [-0.4, -0.2) is 12.5 Å². The molecule has 0 aromatic heterocycles. The lowest BCUT2D eigenvalue weighted by Gasteiger charge is -2.14. The van der Waals surface area contributed by atoms with Gasteiger partial charge in [-0.25, -0.2) is 0 Å². The van der Waals surface area contributed by atoms with Gasteiger partial charge in [0.2, 0.25) is 0 Å². The molecule has 2 aromatic carbocycles. The molecule has 0 aliphatic heterocycles. The fraction of sp³-hybridized carbons (Fsp3) is 0.188. The van der Waals surface area contributed by atoms with Gasteiger partial charge in [0, 0.05) is 5.02 Å². The van der Waals surface area contributed by atoms with E-state index in [1.54, 1.807) is 24.3 Å². The summed E-state index contributed by atoms with van der Waals surface area (Å²) in [4.78, 5) is 11.8. The molecule has 0 aliphatic rings. The van der Waals surface area contributed by atoms with Crippen molar-refractivity contribution in [3.63, 3.8) is 0 Å². The van der Waals surface area contributed by atoms with Crippen molar-refractivity contribution in [1.29, 1.82) is 0 Å². The van der Waals surface area contributed by atoms with Crippen molar-refractivity contribution in [2.45, 2.75) is 13.0 Å². The fourth-order valence-corrected chi connectivity index (χ4v) is 1.99. The van der Waals surface area contributed by atoms with Gasteiger partial charge in [0.25, 0.3) is 5.91 Å². The first-order chi connectivity index (χ1) is 9.65. The molecule has 0 aliphatic carbocycles. The molecular formula is C16H16ClNO2. The predicted octanol–water partition coefficient (Wildman–Crippen LogP) is 3.60. The van der Waals surface area contributed by atoms with Crippen LogP contribution in [0.15, 0.2) is 54.6 Å². The van der Waals surface area contributed by atoms with Gasteiger partial charge >= 0.3 is 0 Å². The van der Waals surface area contributed by atoms with Gasteiger partial charge in [0.15, 0.2) is 6.61 Å². The van der Waals surface area contributed by atoms with E-state index in [9.17, 15) is 4.79 Å². The van der Waals surface area contributed by atoms with Crippen molar-refractivity contribution >= 4 is 17.5 Å². The van der Waals surface area contributed by atoms with Crippen molar-refractivity contribution in [3.05, 3.63) is 65.2 Å². The smallest absolute Gasteiger partial charge is 0.258 e. The Balaban J connectivity index is 1.84. The average molecular weight is 290 g/mol. The molecule has 2 aromatic rings. The zero-order valence-electron chi connectivity index (χ0n) is 11.2. The maximum Gasteiger partial charge on any atom is 0.258 e. The van der Waals surface area contributed by atoms with Gasteiger partial charge in [0.05, 0.1) is 6.04 Å². The SMILES string of the molecule is C[C@H](NC(=O)COc1cccc(Cl)c1)c1ccccc1. The van der Waals surface area contributed by atoms with Crippen molar-refractivity contribution in [3.8, 4) is 5.75 Å². The number of hydrogen-bond donors (Lipinski definition) is 1. The molecule has 1 amide bonds. The molecule has 0 heterocycles.